The molecule has 68 valence electrons. The second-order valence-electron chi connectivity index (χ2n) is 2.19. The minimum absolute atomic E-state index is 0.390. The fraction of sp³-hybridized carbons (Fsp3) is 0.143. The highest BCUT2D eigenvalue weighted by Crippen LogP contribution is 2.27. The monoisotopic (exact) mass is 187 g/mol. The molecule has 13 heavy (non-hydrogen) atoms. The Morgan fingerprint density at radius 1 is 1.54 bits per heavy atom. The van der Waals surface area contributed by atoms with Crippen LogP contribution < -0.4 is 5.73 Å². The van der Waals surface area contributed by atoms with Crippen molar-refractivity contribution in [2.24, 2.45) is 0 Å². The Labute approximate surface area is 71.6 Å². The number of hydrogen-bond donors (Lipinski definition) is 1. The van der Waals surface area contributed by atoms with Crippen molar-refractivity contribution < 1.29 is 13.2 Å². The van der Waals surface area contributed by atoms with Gasteiger partial charge in [0.25, 0.3) is 6.43 Å². The summed E-state index contributed by atoms with van der Waals surface area (Å²) in [6, 6.07) is 1.38. The molecule has 0 fully saturated rings. The fourth-order valence-corrected chi connectivity index (χ4v) is 0.849. The quantitative estimate of drug-likeness (QED) is 0.726. The van der Waals surface area contributed by atoms with Gasteiger partial charge >= 0.3 is 0 Å². The molecule has 0 atom stereocenters. The normalized spacial score (nSPS) is 10.1. The van der Waals surface area contributed by atoms with E-state index in [-0.39, 0.29) is 5.82 Å². The molecule has 6 heteroatoms. The van der Waals surface area contributed by atoms with E-state index in [1.165, 1.54) is 6.07 Å². The summed E-state index contributed by atoms with van der Waals surface area (Å²) in [6.45, 7) is 0. The lowest BCUT2D eigenvalue weighted by atomic mass is 10.1. The molecule has 0 spiro atoms. The highest BCUT2D eigenvalue weighted by molar-refractivity contribution is 5.53. The van der Waals surface area contributed by atoms with Crippen LogP contribution in [-0.4, -0.2) is 4.98 Å². The van der Waals surface area contributed by atoms with E-state index in [0.29, 0.717) is 6.20 Å². The first kappa shape index (κ1) is 9.32. The first-order valence-electron chi connectivity index (χ1n) is 3.20. The molecule has 1 heterocycles. The van der Waals surface area contributed by atoms with Crippen LogP contribution in [0.25, 0.3) is 0 Å². The number of aromatic nitrogens is 1. The van der Waals surface area contributed by atoms with E-state index in [2.05, 4.69) is 4.98 Å². The summed E-state index contributed by atoms with van der Waals surface area (Å²) in [5, 5.41) is 8.40. The summed E-state index contributed by atoms with van der Waals surface area (Å²) in [7, 11) is 0. The van der Waals surface area contributed by atoms with Gasteiger partial charge in [-0.1, -0.05) is 0 Å². The average molecular weight is 187 g/mol. The maximum atomic E-state index is 12.7. The molecule has 0 saturated heterocycles. The Morgan fingerprint density at radius 2 is 2.15 bits per heavy atom. The highest BCUT2D eigenvalue weighted by atomic mass is 19.3. The SMILES string of the molecule is N#Cc1c(N)ncc(F)c1C(F)F. The molecule has 0 saturated carbocycles. The summed E-state index contributed by atoms with van der Waals surface area (Å²) in [4.78, 5) is 3.24. The first-order chi connectivity index (χ1) is 6.07. The zero-order valence-electron chi connectivity index (χ0n) is 6.26. The maximum absolute atomic E-state index is 12.7. The lowest BCUT2D eigenvalue weighted by Crippen LogP contribution is -2.03. The fourth-order valence-electron chi connectivity index (χ4n) is 0.849. The van der Waals surface area contributed by atoms with Gasteiger partial charge in [0.15, 0.2) is 5.82 Å². The Morgan fingerprint density at radius 3 is 2.54 bits per heavy atom. The molecule has 0 unspecified atom stereocenters. The van der Waals surface area contributed by atoms with Crippen LogP contribution in [0.1, 0.15) is 17.6 Å². The minimum atomic E-state index is -3.07. The Hall–Kier alpha value is -1.77. The zero-order chi connectivity index (χ0) is 10.0. The topological polar surface area (TPSA) is 62.7 Å². The summed E-state index contributed by atoms with van der Waals surface area (Å²) >= 11 is 0. The summed E-state index contributed by atoms with van der Waals surface area (Å²) in [6.07, 6.45) is -2.50. The lowest BCUT2D eigenvalue weighted by molar-refractivity contribution is 0.146. The van der Waals surface area contributed by atoms with Gasteiger partial charge in [-0.05, 0) is 0 Å². The van der Waals surface area contributed by atoms with Crippen molar-refractivity contribution in [1.82, 2.24) is 4.98 Å². The first-order valence-corrected chi connectivity index (χ1v) is 3.20. The number of halogens is 3. The number of alkyl halides is 2. The van der Waals surface area contributed by atoms with Gasteiger partial charge in [-0.3, -0.25) is 0 Å². The summed E-state index contributed by atoms with van der Waals surface area (Å²) in [5.41, 5.74) is 3.51. The van der Waals surface area contributed by atoms with Gasteiger partial charge in [0, 0.05) is 0 Å². The van der Waals surface area contributed by atoms with E-state index in [4.69, 9.17) is 11.0 Å². The van der Waals surface area contributed by atoms with E-state index in [9.17, 15) is 13.2 Å². The van der Waals surface area contributed by atoms with E-state index in [0.717, 1.165) is 0 Å². The van der Waals surface area contributed by atoms with Crippen molar-refractivity contribution in [2.45, 2.75) is 6.43 Å². The van der Waals surface area contributed by atoms with Crippen molar-refractivity contribution in [3.05, 3.63) is 23.1 Å². The molecule has 1 aromatic heterocycles. The Bertz CT molecular complexity index is 370. The molecule has 1 aromatic rings. The van der Waals surface area contributed by atoms with Crippen LogP contribution in [0, 0.1) is 17.1 Å². The van der Waals surface area contributed by atoms with Crippen LogP contribution in [0.3, 0.4) is 0 Å². The summed E-state index contributed by atoms with van der Waals surface area (Å²) in [5.74, 6) is -1.61. The molecular formula is C7H4F3N3. The number of anilines is 1. The van der Waals surface area contributed by atoms with Crippen molar-refractivity contribution in [2.75, 3.05) is 5.73 Å². The zero-order valence-corrected chi connectivity index (χ0v) is 6.26. The second-order valence-corrected chi connectivity index (χ2v) is 2.19. The third-order valence-corrected chi connectivity index (χ3v) is 1.43. The number of nitrogen functional groups attached to an aromatic ring is 1. The minimum Gasteiger partial charge on any atom is -0.383 e. The smallest absolute Gasteiger partial charge is 0.268 e. The second kappa shape index (κ2) is 3.31. The number of rotatable bonds is 1. The predicted molar refractivity (Wildman–Crippen MR) is 38.3 cm³/mol. The molecule has 0 bridgehead atoms. The molecule has 0 amide bonds. The predicted octanol–water partition coefficient (Wildman–Crippen LogP) is 1.61. The van der Waals surface area contributed by atoms with Gasteiger partial charge in [0.05, 0.1) is 11.8 Å². The molecule has 0 aromatic carbocycles. The van der Waals surface area contributed by atoms with E-state index in [1.807, 2.05) is 0 Å². The lowest BCUT2D eigenvalue weighted by Gasteiger charge is -2.04. The molecule has 3 nitrogen and oxygen atoms in total. The third-order valence-electron chi connectivity index (χ3n) is 1.43. The largest absolute Gasteiger partial charge is 0.383 e. The van der Waals surface area contributed by atoms with Crippen molar-refractivity contribution in [1.29, 1.82) is 5.26 Å². The van der Waals surface area contributed by atoms with E-state index < -0.39 is 23.4 Å². The number of nitrogens with two attached hydrogens (primary N) is 1. The van der Waals surface area contributed by atoms with Crippen LogP contribution in [0.4, 0.5) is 19.0 Å². The van der Waals surface area contributed by atoms with Crippen molar-refractivity contribution in [3.63, 3.8) is 0 Å². The molecule has 1 rings (SSSR count). The number of nitrogens with zero attached hydrogens (tertiary/aromatic N) is 2. The van der Waals surface area contributed by atoms with Gasteiger partial charge in [0.1, 0.15) is 17.5 Å². The van der Waals surface area contributed by atoms with Crippen LogP contribution in [-0.2, 0) is 0 Å². The number of pyridine rings is 1. The Balaban J connectivity index is 3.46. The molecule has 0 radical (unpaired) electrons. The van der Waals surface area contributed by atoms with E-state index in [1.54, 1.807) is 0 Å². The van der Waals surface area contributed by atoms with Crippen LogP contribution >= 0.6 is 0 Å². The molecule has 2 N–H and O–H groups in total. The standard InChI is InChI=1S/C7H4F3N3/c8-4-2-13-7(12)3(1-11)5(4)6(9)10/h2,6H,(H2,12,13). The third kappa shape index (κ3) is 1.54. The number of nitriles is 1. The molecule has 0 aliphatic carbocycles. The van der Waals surface area contributed by atoms with Gasteiger partial charge < -0.3 is 5.73 Å². The molecular weight excluding hydrogens is 183 g/mol. The Kier molecular flexibility index (Phi) is 2.37. The van der Waals surface area contributed by atoms with E-state index >= 15 is 0 Å². The van der Waals surface area contributed by atoms with Crippen LogP contribution in [0.2, 0.25) is 0 Å². The maximum Gasteiger partial charge on any atom is 0.268 e. The highest BCUT2D eigenvalue weighted by Gasteiger charge is 2.21. The van der Waals surface area contributed by atoms with Gasteiger partial charge in [-0.2, -0.15) is 5.26 Å². The average Bonchev–Trinajstić information content (AvgIpc) is 2.07. The van der Waals surface area contributed by atoms with Gasteiger partial charge in [0.2, 0.25) is 0 Å². The van der Waals surface area contributed by atoms with Crippen LogP contribution in [0.15, 0.2) is 6.20 Å². The van der Waals surface area contributed by atoms with Gasteiger partial charge in [-0.15, -0.1) is 0 Å². The summed E-state index contributed by atoms with van der Waals surface area (Å²) < 4.78 is 37.1. The van der Waals surface area contributed by atoms with Crippen LogP contribution in [0.5, 0.6) is 0 Å². The molecule has 0 aliphatic heterocycles. The number of hydrogen-bond acceptors (Lipinski definition) is 3. The van der Waals surface area contributed by atoms with Crippen molar-refractivity contribution in [3.8, 4) is 6.07 Å². The van der Waals surface area contributed by atoms with Gasteiger partial charge in [-0.25, -0.2) is 18.2 Å². The van der Waals surface area contributed by atoms with Crippen molar-refractivity contribution >= 4 is 5.82 Å². The molecule has 0 aliphatic rings.